The minimum Gasteiger partial charge on any atom is -0.384 e. The highest BCUT2D eigenvalue weighted by Crippen LogP contribution is 2.17. The Balaban J connectivity index is 1.78. The average molecular weight is 398 g/mol. The molecule has 2 rings (SSSR count). The van der Waals surface area contributed by atoms with Crippen LogP contribution >= 0.6 is 31.9 Å². The van der Waals surface area contributed by atoms with Crippen LogP contribution in [-0.4, -0.2) is 25.0 Å². The van der Waals surface area contributed by atoms with Crippen LogP contribution in [0.25, 0.3) is 0 Å². The number of rotatable bonds is 6. The van der Waals surface area contributed by atoms with Crippen molar-refractivity contribution >= 4 is 37.5 Å². The van der Waals surface area contributed by atoms with Crippen LogP contribution in [0.4, 0.5) is 5.69 Å². The molecule has 1 N–H and O–H groups in total. The van der Waals surface area contributed by atoms with Crippen molar-refractivity contribution in [3.63, 3.8) is 0 Å². The maximum atomic E-state index is 3.59. The Labute approximate surface area is 137 Å². The predicted molar refractivity (Wildman–Crippen MR) is 93.1 cm³/mol. The summed E-state index contributed by atoms with van der Waals surface area (Å²) in [5.74, 6) is 0. The summed E-state index contributed by atoms with van der Waals surface area (Å²) >= 11 is 7.07. The fraction of sp³-hybridized carbons (Fsp3) is 0.250. The third-order valence-electron chi connectivity index (χ3n) is 3.05. The van der Waals surface area contributed by atoms with E-state index in [1.54, 1.807) is 0 Å². The van der Waals surface area contributed by atoms with Crippen LogP contribution in [0.5, 0.6) is 0 Å². The molecule has 0 aromatic heterocycles. The normalized spacial score (nSPS) is 10.8. The van der Waals surface area contributed by atoms with E-state index in [0.717, 1.165) is 29.8 Å². The molecule has 0 aliphatic carbocycles. The molecular weight excluding hydrogens is 380 g/mol. The quantitative estimate of drug-likeness (QED) is 0.756. The van der Waals surface area contributed by atoms with Gasteiger partial charge in [-0.15, -0.1) is 0 Å². The minimum atomic E-state index is 0.928. The first-order chi connectivity index (χ1) is 9.65. The van der Waals surface area contributed by atoms with E-state index in [1.165, 1.54) is 10.0 Å². The Hall–Kier alpha value is -0.840. The van der Waals surface area contributed by atoms with Gasteiger partial charge >= 0.3 is 0 Å². The van der Waals surface area contributed by atoms with E-state index < -0.39 is 0 Å². The van der Waals surface area contributed by atoms with Gasteiger partial charge in [-0.05, 0) is 36.9 Å². The maximum absolute atomic E-state index is 3.59. The van der Waals surface area contributed by atoms with Gasteiger partial charge in [0.1, 0.15) is 0 Å². The van der Waals surface area contributed by atoms with Gasteiger partial charge in [0.05, 0.1) is 0 Å². The summed E-state index contributed by atoms with van der Waals surface area (Å²) in [7, 11) is 2.14. The van der Waals surface area contributed by atoms with Crippen LogP contribution in [0, 0.1) is 0 Å². The molecule has 0 saturated carbocycles. The fourth-order valence-corrected chi connectivity index (χ4v) is 2.80. The van der Waals surface area contributed by atoms with Gasteiger partial charge in [0.25, 0.3) is 0 Å². The molecule has 0 atom stereocenters. The molecule has 2 aromatic rings. The molecule has 0 saturated heterocycles. The van der Waals surface area contributed by atoms with Gasteiger partial charge in [-0.25, -0.2) is 0 Å². The van der Waals surface area contributed by atoms with Crippen molar-refractivity contribution in [1.29, 1.82) is 0 Å². The zero-order valence-electron chi connectivity index (χ0n) is 11.4. The van der Waals surface area contributed by atoms with Crippen LogP contribution in [0.3, 0.4) is 0 Å². The Morgan fingerprint density at radius 2 is 1.85 bits per heavy atom. The first-order valence-corrected chi connectivity index (χ1v) is 8.15. The van der Waals surface area contributed by atoms with Gasteiger partial charge in [0, 0.05) is 34.3 Å². The van der Waals surface area contributed by atoms with E-state index in [0.29, 0.717) is 0 Å². The molecule has 0 fully saturated rings. The van der Waals surface area contributed by atoms with E-state index in [-0.39, 0.29) is 0 Å². The molecular formula is C16H18Br2N2. The highest BCUT2D eigenvalue weighted by atomic mass is 79.9. The lowest BCUT2D eigenvalue weighted by molar-refractivity contribution is 0.339. The van der Waals surface area contributed by atoms with E-state index in [4.69, 9.17) is 0 Å². The van der Waals surface area contributed by atoms with Crippen LogP contribution in [0.1, 0.15) is 5.56 Å². The summed E-state index contributed by atoms with van der Waals surface area (Å²) in [6.45, 7) is 2.87. The zero-order valence-corrected chi connectivity index (χ0v) is 14.6. The third-order valence-corrected chi connectivity index (χ3v) is 4.31. The summed E-state index contributed by atoms with van der Waals surface area (Å²) in [6, 6.07) is 16.6. The lowest BCUT2D eigenvalue weighted by atomic mass is 10.2. The van der Waals surface area contributed by atoms with Gasteiger partial charge in [-0.1, -0.05) is 56.1 Å². The first-order valence-electron chi connectivity index (χ1n) is 6.56. The number of hydrogen-bond acceptors (Lipinski definition) is 2. The Kier molecular flexibility index (Phi) is 6.07. The van der Waals surface area contributed by atoms with Crippen molar-refractivity contribution in [3.05, 3.63) is 63.0 Å². The third kappa shape index (κ3) is 4.93. The van der Waals surface area contributed by atoms with E-state index in [9.17, 15) is 0 Å². The largest absolute Gasteiger partial charge is 0.384 e. The highest BCUT2D eigenvalue weighted by Gasteiger charge is 2.03. The molecule has 0 aliphatic rings. The molecule has 0 aliphatic heterocycles. The number of benzene rings is 2. The van der Waals surface area contributed by atoms with E-state index in [1.807, 2.05) is 18.2 Å². The summed E-state index contributed by atoms with van der Waals surface area (Å²) in [6.07, 6.45) is 0. The molecule has 0 heterocycles. The topological polar surface area (TPSA) is 15.3 Å². The van der Waals surface area contributed by atoms with Gasteiger partial charge in [0.15, 0.2) is 0 Å². The van der Waals surface area contributed by atoms with Crippen molar-refractivity contribution in [2.45, 2.75) is 6.54 Å². The van der Waals surface area contributed by atoms with Crippen LogP contribution in [0.15, 0.2) is 57.5 Å². The van der Waals surface area contributed by atoms with Crippen molar-refractivity contribution in [3.8, 4) is 0 Å². The van der Waals surface area contributed by atoms with Crippen LogP contribution in [0.2, 0.25) is 0 Å². The number of likely N-dealkylation sites (N-methyl/N-ethyl adjacent to an activating group) is 1. The molecule has 2 nitrogen and oxygen atoms in total. The molecule has 0 radical (unpaired) electrons. The summed E-state index contributed by atoms with van der Waals surface area (Å²) in [5, 5.41) is 3.43. The standard InChI is InChI=1S/C16H18Br2N2/c1-20(12-13-5-2-3-8-16(13)18)10-9-19-15-7-4-6-14(17)11-15/h2-8,11,19H,9-10,12H2,1H3. The number of hydrogen-bond donors (Lipinski definition) is 1. The van der Waals surface area contributed by atoms with Crippen molar-refractivity contribution < 1.29 is 0 Å². The van der Waals surface area contributed by atoms with Crippen LogP contribution < -0.4 is 5.32 Å². The summed E-state index contributed by atoms with van der Waals surface area (Å²) in [5.41, 5.74) is 2.46. The molecule has 4 heteroatoms. The molecule has 0 spiro atoms. The van der Waals surface area contributed by atoms with Crippen molar-refractivity contribution in [2.75, 3.05) is 25.5 Å². The fourth-order valence-electron chi connectivity index (χ4n) is 1.99. The Morgan fingerprint density at radius 3 is 2.60 bits per heavy atom. The Bertz CT molecular complexity index is 558. The molecule has 0 unspecified atom stereocenters. The van der Waals surface area contributed by atoms with Gasteiger partial charge < -0.3 is 10.2 Å². The molecule has 0 bridgehead atoms. The van der Waals surface area contributed by atoms with E-state index >= 15 is 0 Å². The first kappa shape index (κ1) is 15.5. The van der Waals surface area contributed by atoms with E-state index in [2.05, 4.69) is 79.5 Å². The summed E-state index contributed by atoms with van der Waals surface area (Å²) < 4.78 is 2.27. The Morgan fingerprint density at radius 1 is 1.05 bits per heavy atom. The predicted octanol–water partition coefficient (Wildman–Crippen LogP) is 4.76. The van der Waals surface area contributed by atoms with Gasteiger partial charge in [-0.2, -0.15) is 0 Å². The zero-order chi connectivity index (χ0) is 14.4. The second-order valence-electron chi connectivity index (χ2n) is 4.77. The maximum Gasteiger partial charge on any atom is 0.0351 e. The van der Waals surface area contributed by atoms with Gasteiger partial charge in [0.2, 0.25) is 0 Å². The number of halogens is 2. The summed E-state index contributed by atoms with van der Waals surface area (Å²) in [4.78, 5) is 2.31. The average Bonchev–Trinajstić information content (AvgIpc) is 2.41. The number of anilines is 1. The molecule has 106 valence electrons. The second kappa shape index (κ2) is 7.81. The van der Waals surface area contributed by atoms with Gasteiger partial charge in [-0.3, -0.25) is 0 Å². The number of nitrogens with one attached hydrogen (secondary N) is 1. The van der Waals surface area contributed by atoms with Crippen molar-refractivity contribution in [2.24, 2.45) is 0 Å². The SMILES string of the molecule is CN(CCNc1cccc(Br)c1)Cc1ccccc1Br. The highest BCUT2D eigenvalue weighted by molar-refractivity contribution is 9.10. The lowest BCUT2D eigenvalue weighted by Gasteiger charge is -2.18. The molecule has 20 heavy (non-hydrogen) atoms. The number of nitrogens with zero attached hydrogens (tertiary/aromatic N) is 1. The smallest absolute Gasteiger partial charge is 0.0351 e. The van der Waals surface area contributed by atoms with Crippen molar-refractivity contribution in [1.82, 2.24) is 4.90 Å². The van der Waals surface area contributed by atoms with Crippen LogP contribution in [-0.2, 0) is 6.54 Å². The monoisotopic (exact) mass is 396 g/mol. The molecule has 2 aromatic carbocycles. The lowest BCUT2D eigenvalue weighted by Crippen LogP contribution is -2.24. The minimum absolute atomic E-state index is 0.928. The molecule has 0 amide bonds. The second-order valence-corrected chi connectivity index (χ2v) is 6.54.